The van der Waals surface area contributed by atoms with Gasteiger partial charge in [-0.15, -0.1) is 0 Å². The Bertz CT molecular complexity index is 1180. The number of hydrogen-bond acceptors (Lipinski definition) is 4. The summed E-state index contributed by atoms with van der Waals surface area (Å²) in [6.45, 7) is 0. The molecule has 2 N–H and O–H groups in total. The summed E-state index contributed by atoms with van der Waals surface area (Å²) in [4.78, 5) is 36.0. The Kier molecular flexibility index (Phi) is 4.84. The van der Waals surface area contributed by atoms with Crippen LogP contribution in [0.15, 0.2) is 18.2 Å². The van der Waals surface area contributed by atoms with E-state index >= 15 is 0 Å². The van der Waals surface area contributed by atoms with Crippen LogP contribution in [0.2, 0.25) is 0 Å². The first-order valence-electron chi connectivity index (χ1n) is 14.2. The van der Waals surface area contributed by atoms with Gasteiger partial charge < -0.3 is 10.2 Å². The molecule has 0 radical (unpaired) electrons. The van der Waals surface area contributed by atoms with E-state index in [9.17, 15) is 29.9 Å². The summed E-state index contributed by atoms with van der Waals surface area (Å²) in [7, 11) is 0. The number of nitro groups is 1. The molecule has 8 fully saturated rings. The van der Waals surface area contributed by atoms with Gasteiger partial charge in [0.1, 0.15) is 0 Å². The molecular weight excluding hydrogens is 470 g/mol. The van der Waals surface area contributed by atoms with Crippen LogP contribution in [-0.2, 0) is 20.4 Å². The van der Waals surface area contributed by atoms with Crippen molar-refractivity contribution < 1.29 is 24.7 Å². The zero-order chi connectivity index (χ0) is 25.8. The van der Waals surface area contributed by atoms with Gasteiger partial charge in [-0.1, -0.05) is 12.1 Å². The first kappa shape index (κ1) is 23.7. The average Bonchev–Trinajstić information content (AvgIpc) is 2.75. The van der Waals surface area contributed by atoms with Crippen LogP contribution in [0.1, 0.15) is 101 Å². The third kappa shape index (κ3) is 3.59. The number of nitro benzene ring substituents is 1. The predicted octanol–water partition coefficient (Wildman–Crippen LogP) is 6.22. The number of carboxylic acid groups (broad SMARTS) is 2. The Morgan fingerprint density at radius 1 is 0.784 bits per heavy atom. The molecule has 0 heterocycles. The first-order valence-corrected chi connectivity index (χ1v) is 14.2. The highest BCUT2D eigenvalue weighted by atomic mass is 16.6. The predicted molar refractivity (Wildman–Crippen MR) is 135 cm³/mol. The summed E-state index contributed by atoms with van der Waals surface area (Å²) in [6, 6.07) is 6.04. The third-order valence-electron chi connectivity index (χ3n) is 11.8. The van der Waals surface area contributed by atoms with Gasteiger partial charge in [-0.2, -0.15) is 0 Å². The maximum Gasteiger partial charge on any atom is 0.303 e. The van der Waals surface area contributed by atoms with E-state index in [-0.39, 0.29) is 45.1 Å². The van der Waals surface area contributed by atoms with Crippen LogP contribution in [0.4, 0.5) is 5.69 Å². The van der Waals surface area contributed by atoms with Crippen molar-refractivity contribution >= 4 is 17.6 Å². The number of aliphatic carboxylic acids is 2. The number of carbonyl (C=O) groups is 2. The smallest absolute Gasteiger partial charge is 0.303 e. The van der Waals surface area contributed by atoms with E-state index in [0.717, 1.165) is 81.8 Å². The first-order chi connectivity index (χ1) is 17.5. The van der Waals surface area contributed by atoms with Gasteiger partial charge in [0, 0.05) is 17.0 Å². The third-order valence-corrected chi connectivity index (χ3v) is 11.8. The lowest BCUT2D eigenvalue weighted by Crippen LogP contribution is -2.55. The normalized spacial score (nSPS) is 44.8. The number of carboxylic acids is 2. The van der Waals surface area contributed by atoms with Crippen molar-refractivity contribution in [1.29, 1.82) is 0 Å². The molecule has 8 aliphatic carbocycles. The molecule has 8 bridgehead atoms. The molecule has 0 amide bonds. The molecule has 8 aliphatic rings. The quantitative estimate of drug-likeness (QED) is 0.334. The van der Waals surface area contributed by atoms with Crippen LogP contribution >= 0.6 is 0 Å². The van der Waals surface area contributed by atoms with Gasteiger partial charge in [0.15, 0.2) is 0 Å². The Balaban J connectivity index is 1.28. The second-order valence-corrected chi connectivity index (χ2v) is 14.6. The fourth-order valence-corrected chi connectivity index (χ4v) is 12.1. The van der Waals surface area contributed by atoms with Gasteiger partial charge in [0.05, 0.1) is 17.8 Å². The Labute approximate surface area is 217 Å². The van der Waals surface area contributed by atoms with Gasteiger partial charge >= 0.3 is 11.9 Å². The molecule has 7 heteroatoms. The van der Waals surface area contributed by atoms with Crippen molar-refractivity contribution in [2.75, 3.05) is 0 Å². The summed E-state index contributed by atoms with van der Waals surface area (Å²) < 4.78 is 0. The lowest BCUT2D eigenvalue weighted by molar-refractivity contribution is -0.386. The molecule has 7 nitrogen and oxygen atoms in total. The Hall–Kier alpha value is -2.44. The molecule has 198 valence electrons. The molecule has 1 aromatic rings. The zero-order valence-electron chi connectivity index (χ0n) is 21.4. The van der Waals surface area contributed by atoms with Crippen LogP contribution in [0, 0.1) is 44.6 Å². The van der Waals surface area contributed by atoms with Crippen LogP contribution in [-0.4, -0.2) is 27.1 Å². The molecule has 1 aromatic carbocycles. The van der Waals surface area contributed by atoms with E-state index in [1.54, 1.807) is 0 Å². The maximum atomic E-state index is 12.6. The van der Waals surface area contributed by atoms with Gasteiger partial charge in [-0.3, -0.25) is 19.7 Å². The van der Waals surface area contributed by atoms with E-state index in [0.29, 0.717) is 23.7 Å². The highest BCUT2D eigenvalue weighted by Crippen LogP contribution is 2.69. The molecule has 0 aromatic heterocycles. The lowest BCUT2D eigenvalue weighted by Gasteiger charge is -2.63. The molecule has 9 rings (SSSR count). The van der Waals surface area contributed by atoms with E-state index < -0.39 is 11.9 Å². The fourth-order valence-electron chi connectivity index (χ4n) is 12.1. The summed E-state index contributed by atoms with van der Waals surface area (Å²) in [6.07, 6.45) is 12.0. The number of nitrogens with zero attached hydrogens (tertiary/aromatic N) is 1. The van der Waals surface area contributed by atoms with Crippen LogP contribution in [0.3, 0.4) is 0 Å². The average molecular weight is 508 g/mol. The minimum Gasteiger partial charge on any atom is -0.481 e. The highest BCUT2D eigenvalue weighted by molar-refractivity contribution is 5.68. The molecule has 6 atom stereocenters. The van der Waals surface area contributed by atoms with Gasteiger partial charge in [-0.25, -0.2) is 0 Å². The van der Waals surface area contributed by atoms with Crippen LogP contribution < -0.4 is 0 Å². The second kappa shape index (κ2) is 7.57. The van der Waals surface area contributed by atoms with Crippen molar-refractivity contribution in [2.24, 2.45) is 34.5 Å². The van der Waals surface area contributed by atoms with E-state index in [2.05, 4.69) is 6.07 Å². The van der Waals surface area contributed by atoms with Crippen molar-refractivity contribution in [3.63, 3.8) is 0 Å². The van der Waals surface area contributed by atoms with Crippen molar-refractivity contribution in [1.82, 2.24) is 0 Å². The summed E-state index contributed by atoms with van der Waals surface area (Å²) in [5, 5.41) is 32.0. The van der Waals surface area contributed by atoms with Gasteiger partial charge in [0.2, 0.25) is 0 Å². The van der Waals surface area contributed by atoms with Crippen molar-refractivity contribution in [3.05, 3.63) is 39.4 Å². The van der Waals surface area contributed by atoms with E-state index in [1.807, 2.05) is 12.1 Å². The minimum atomic E-state index is -0.751. The molecule has 0 aliphatic heterocycles. The number of benzene rings is 1. The zero-order valence-corrected chi connectivity index (χ0v) is 21.4. The SMILES string of the molecule is O=C(O)CC12C[C@H]3C[C@@H](C1)CC(c1ccc(C45C[C@@H]6C[C@H](CC(CC(=O)O)(C6)C4)C5)c([N+](=O)[O-])c1)(C3)C2. The van der Waals surface area contributed by atoms with Crippen molar-refractivity contribution in [3.8, 4) is 0 Å². The summed E-state index contributed by atoms with van der Waals surface area (Å²) in [5.41, 5.74) is 1.22. The molecule has 0 saturated heterocycles. The van der Waals surface area contributed by atoms with E-state index in [4.69, 9.17) is 0 Å². The molecular formula is C30H37NO6. The Morgan fingerprint density at radius 3 is 1.70 bits per heavy atom. The molecule has 37 heavy (non-hydrogen) atoms. The van der Waals surface area contributed by atoms with Crippen LogP contribution in [0.25, 0.3) is 0 Å². The summed E-state index contributed by atoms with van der Waals surface area (Å²) >= 11 is 0. The number of rotatable bonds is 7. The largest absolute Gasteiger partial charge is 0.481 e. The maximum absolute atomic E-state index is 12.6. The lowest BCUT2D eigenvalue weighted by atomic mass is 9.41. The van der Waals surface area contributed by atoms with Crippen LogP contribution in [0.5, 0.6) is 0 Å². The minimum absolute atomic E-state index is 0.158. The standard InChI is InChI=1S/C30H37NO6/c32-25(33)14-27-6-18-3-19(7-27)11-29(10-18,16-27)22-1-2-23(24(5-22)31(36)37)30-12-20-4-21(13-30)9-28(8-20,17-30)15-26(34)35/h1-2,5,18-21H,3-4,6-17H2,(H,32,33)(H,34,35)/t18-,19+,20-,21-,27?,28?,29?,30?/m1/s1. The van der Waals surface area contributed by atoms with E-state index in [1.165, 1.54) is 6.42 Å². The Morgan fingerprint density at radius 2 is 1.24 bits per heavy atom. The second-order valence-electron chi connectivity index (χ2n) is 14.6. The van der Waals surface area contributed by atoms with Gasteiger partial charge in [-0.05, 0) is 123 Å². The highest BCUT2D eigenvalue weighted by Gasteiger charge is 2.61. The topological polar surface area (TPSA) is 118 Å². The van der Waals surface area contributed by atoms with Crippen molar-refractivity contribution in [2.45, 2.75) is 101 Å². The van der Waals surface area contributed by atoms with Gasteiger partial charge in [0.25, 0.3) is 5.69 Å². The fraction of sp³-hybridized carbons (Fsp3) is 0.733. The monoisotopic (exact) mass is 507 g/mol. The molecule has 8 saturated carbocycles. The molecule has 0 spiro atoms. The number of hydrogen-bond donors (Lipinski definition) is 2. The molecule has 2 unspecified atom stereocenters. The summed E-state index contributed by atoms with van der Waals surface area (Å²) in [5.74, 6) is 0.462.